The second-order valence-electron chi connectivity index (χ2n) is 6.85. The molecule has 0 spiro atoms. The van der Waals surface area contributed by atoms with Gasteiger partial charge in [-0.3, -0.25) is 9.59 Å². The Kier molecular flexibility index (Phi) is 4.72. The summed E-state index contributed by atoms with van der Waals surface area (Å²) in [7, 11) is 1.75. The normalized spacial score (nSPS) is 13.1. The van der Waals surface area contributed by atoms with E-state index in [4.69, 9.17) is 0 Å². The van der Waals surface area contributed by atoms with E-state index in [0.717, 1.165) is 28.1 Å². The minimum absolute atomic E-state index is 0.0229. The van der Waals surface area contributed by atoms with E-state index in [2.05, 4.69) is 15.5 Å². The van der Waals surface area contributed by atoms with Gasteiger partial charge in [-0.1, -0.05) is 23.9 Å². The van der Waals surface area contributed by atoms with E-state index in [-0.39, 0.29) is 17.4 Å². The first-order valence-corrected chi connectivity index (χ1v) is 9.84. The lowest BCUT2D eigenvalue weighted by molar-refractivity contribution is -0.117. The molecular formula is C20H19N5O2S. The summed E-state index contributed by atoms with van der Waals surface area (Å²) < 4.78 is 1.66. The van der Waals surface area contributed by atoms with Crippen LogP contribution < -0.4 is 4.90 Å². The molecular weight excluding hydrogens is 374 g/mol. The summed E-state index contributed by atoms with van der Waals surface area (Å²) in [5.74, 6) is 0.236. The second-order valence-corrected chi connectivity index (χ2v) is 7.79. The van der Waals surface area contributed by atoms with Gasteiger partial charge in [0.05, 0.1) is 17.9 Å². The molecule has 1 aliphatic heterocycles. The molecule has 0 saturated heterocycles. The van der Waals surface area contributed by atoms with Crippen LogP contribution in [-0.4, -0.2) is 44.7 Å². The Balaban J connectivity index is 1.51. The molecule has 1 aliphatic rings. The molecule has 0 unspecified atom stereocenters. The molecule has 8 heteroatoms. The van der Waals surface area contributed by atoms with Gasteiger partial charge in [-0.05, 0) is 65.2 Å². The second kappa shape index (κ2) is 7.20. The molecule has 0 radical (unpaired) electrons. The van der Waals surface area contributed by atoms with Crippen LogP contribution in [0.5, 0.6) is 0 Å². The molecule has 7 nitrogen and oxygen atoms in total. The highest BCUT2D eigenvalue weighted by Gasteiger charge is 2.25. The van der Waals surface area contributed by atoms with Crippen LogP contribution in [0.4, 0.5) is 5.69 Å². The lowest BCUT2D eigenvalue weighted by Crippen LogP contribution is -2.20. The molecule has 2 aromatic carbocycles. The van der Waals surface area contributed by atoms with Crippen LogP contribution in [0, 0.1) is 13.8 Å². The predicted molar refractivity (Wildman–Crippen MR) is 107 cm³/mol. The van der Waals surface area contributed by atoms with Gasteiger partial charge in [0.15, 0.2) is 5.78 Å². The molecule has 0 fully saturated rings. The van der Waals surface area contributed by atoms with E-state index in [1.807, 2.05) is 44.2 Å². The topological polar surface area (TPSA) is 81.0 Å². The smallest absolute Gasteiger partial charge is 0.231 e. The minimum atomic E-state index is -0.0229. The summed E-state index contributed by atoms with van der Waals surface area (Å²) in [5.41, 5.74) is 5.43. The predicted octanol–water partition coefficient (Wildman–Crippen LogP) is 2.77. The summed E-state index contributed by atoms with van der Waals surface area (Å²) in [6, 6.07) is 11.5. The fourth-order valence-electron chi connectivity index (χ4n) is 3.22. The van der Waals surface area contributed by atoms with Crippen LogP contribution >= 0.6 is 11.8 Å². The van der Waals surface area contributed by atoms with Gasteiger partial charge in [-0.15, -0.1) is 5.10 Å². The molecule has 0 atom stereocenters. The number of rotatable bonds is 5. The van der Waals surface area contributed by atoms with E-state index in [1.165, 1.54) is 11.8 Å². The molecule has 0 saturated carbocycles. The first-order chi connectivity index (χ1) is 13.4. The minimum Gasteiger partial charge on any atom is -0.315 e. The molecule has 142 valence electrons. The summed E-state index contributed by atoms with van der Waals surface area (Å²) in [6.07, 6.45) is 0.338. The van der Waals surface area contributed by atoms with E-state index < -0.39 is 0 Å². The number of thioether (sulfide) groups is 1. The molecule has 0 aliphatic carbocycles. The number of likely N-dealkylation sites (N-methyl/N-ethyl adjacent to an activating group) is 1. The van der Waals surface area contributed by atoms with Crippen molar-refractivity contribution in [2.45, 2.75) is 25.4 Å². The molecule has 2 heterocycles. The maximum absolute atomic E-state index is 12.7. The van der Waals surface area contributed by atoms with E-state index >= 15 is 0 Å². The lowest BCUT2D eigenvalue weighted by Gasteiger charge is -2.10. The van der Waals surface area contributed by atoms with Crippen molar-refractivity contribution in [2.75, 3.05) is 17.7 Å². The zero-order valence-electron chi connectivity index (χ0n) is 15.8. The summed E-state index contributed by atoms with van der Waals surface area (Å²) in [5, 5.41) is 12.5. The Hall–Kier alpha value is -3.00. The number of tetrazole rings is 1. The SMILES string of the molecule is Cc1ccc(C)c(-n2nnnc2SCC(=O)c2ccc3c(c2)CC(=O)N3C)c1. The van der Waals surface area contributed by atoms with Crippen LogP contribution in [-0.2, 0) is 11.2 Å². The third-order valence-electron chi connectivity index (χ3n) is 4.84. The molecule has 1 amide bonds. The molecule has 28 heavy (non-hydrogen) atoms. The van der Waals surface area contributed by atoms with Crippen LogP contribution in [0.2, 0.25) is 0 Å². The highest BCUT2D eigenvalue weighted by atomic mass is 32.2. The zero-order chi connectivity index (χ0) is 19.8. The number of benzene rings is 2. The van der Waals surface area contributed by atoms with Gasteiger partial charge in [-0.2, -0.15) is 4.68 Å². The highest BCUT2D eigenvalue weighted by Crippen LogP contribution is 2.29. The van der Waals surface area contributed by atoms with E-state index in [9.17, 15) is 9.59 Å². The quantitative estimate of drug-likeness (QED) is 0.490. The van der Waals surface area contributed by atoms with Gasteiger partial charge in [-0.25, -0.2) is 0 Å². The Morgan fingerprint density at radius 2 is 1.96 bits per heavy atom. The monoisotopic (exact) mass is 393 g/mol. The molecule has 0 N–H and O–H groups in total. The van der Waals surface area contributed by atoms with Crippen LogP contribution in [0.3, 0.4) is 0 Å². The van der Waals surface area contributed by atoms with Crippen LogP contribution in [0.1, 0.15) is 27.0 Å². The Bertz CT molecular complexity index is 1090. The van der Waals surface area contributed by atoms with Gasteiger partial charge in [0.1, 0.15) is 0 Å². The van der Waals surface area contributed by atoms with E-state index in [1.54, 1.807) is 22.7 Å². The number of hydrogen-bond donors (Lipinski definition) is 0. The number of fused-ring (bicyclic) bond motifs is 1. The average Bonchev–Trinajstić information content (AvgIpc) is 3.26. The van der Waals surface area contributed by atoms with Crippen molar-refractivity contribution in [3.8, 4) is 5.69 Å². The number of nitrogens with zero attached hydrogens (tertiary/aromatic N) is 5. The van der Waals surface area contributed by atoms with Gasteiger partial charge in [0.2, 0.25) is 11.1 Å². The third kappa shape index (κ3) is 3.31. The number of anilines is 1. The third-order valence-corrected chi connectivity index (χ3v) is 5.76. The fourth-order valence-corrected chi connectivity index (χ4v) is 4.00. The lowest BCUT2D eigenvalue weighted by atomic mass is 10.1. The van der Waals surface area contributed by atoms with Crippen molar-refractivity contribution in [3.63, 3.8) is 0 Å². The summed E-state index contributed by atoms with van der Waals surface area (Å²) in [4.78, 5) is 26.1. The molecule has 3 aromatic rings. The maximum atomic E-state index is 12.7. The Morgan fingerprint density at radius 1 is 1.14 bits per heavy atom. The van der Waals surface area contributed by atoms with E-state index in [0.29, 0.717) is 17.1 Å². The zero-order valence-corrected chi connectivity index (χ0v) is 16.7. The van der Waals surface area contributed by atoms with Gasteiger partial charge < -0.3 is 4.90 Å². The van der Waals surface area contributed by atoms with Gasteiger partial charge in [0.25, 0.3) is 0 Å². The molecule has 4 rings (SSSR count). The largest absolute Gasteiger partial charge is 0.315 e. The van der Waals surface area contributed by atoms with Gasteiger partial charge in [0, 0.05) is 18.3 Å². The van der Waals surface area contributed by atoms with Crippen molar-refractivity contribution in [3.05, 3.63) is 58.7 Å². The summed E-state index contributed by atoms with van der Waals surface area (Å²) >= 11 is 1.30. The fraction of sp³-hybridized carbons (Fsp3) is 0.250. The average molecular weight is 393 g/mol. The number of carbonyl (C=O) groups is 2. The number of carbonyl (C=O) groups excluding carboxylic acids is 2. The van der Waals surface area contributed by atoms with Crippen molar-refractivity contribution in [2.24, 2.45) is 0 Å². The number of Topliss-reactive ketones (excluding diaryl/α,β-unsaturated/α-hetero) is 1. The molecule has 0 bridgehead atoms. The number of hydrogen-bond acceptors (Lipinski definition) is 6. The van der Waals surface area contributed by atoms with Crippen LogP contribution in [0.15, 0.2) is 41.6 Å². The maximum Gasteiger partial charge on any atom is 0.231 e. The first kappa shape index (κ1) is 18.4. The number of ketones is 1. The van der Waals surface area contributed by atoms with Crippen molar-refractivity contribution < 1.29 is 9.59 Å². The molecule has 1 aromatic heterocycles. The van der Waals surface area contributed by atoms with Crippen molar-refractivity contribution in [1.29, 1.82) is 0 Å². The van der Waals surface area contributed by atoms with Gasteiger partial charge >= 0.3 is 0 Å². The highest BCUT2D eigenvalue weighted by molar-refractivity contribution is 7.99. The van der Waals surface area contributed by atoms with Crippen molar-refractivity contribution >= 4 is 29.1 Å². The number of amides is 1. The standard InChI is InChI=1S/C20H19N5O2S/c1-12-4-5-13(2)17(8-12)25-20(21-22-23-25)28-11-18(26)14-6-7-16-15(9-14)10-19(27)24(16)3/h4-9H,10-11H2,1-3H3. The van der Waals surface area contributed by atoms with Crippen molar-refractivity contribution in [1.82, 2.24) is 20.2 Å². The van der Waals surface area contributed by atoms with Crippen LogP contribution in [0.25, 0.3) is 5.69 Å². The first-order valence-electron chi connectivity index (χ1n) is 8.85. The summed E-state index contributed by atoms with van der Waals surface area (Å²) in [6.45, 7) is 4.01. The Morgan fingerprint density at radius 3 is 2.79 bits per heavy atom. The number of aromatic nitrogens is 4. The Labute approximate surface area is 166 Å². The number of aryl methyl sites for hydroxylation is 2.